The molecule has 0 radical (unpaired) electrons. The molecule has 2 nitrogen and oxygen atoms in total. The molecule has 1 aromatic carbocycles. The molecular weight excluding hydrogens is 190 g/mol. The van der Waals surface area contributed by atoms with Crippen LogP contribution in [0.1, 0.15) is 12.5 Å². The van der Waals surface area contributed by atoms with Gasteiger partial charge in [-0.3, -0.25) is 4.79 Å². The molecule has 0 heterocycles. The van der Waals surface area contributed by atoms with E-state index in [-0.39, 0.29) is 18.6 Å². The van der Waals surface area contributed by atoms with E-state index in [0.29, 0.717) is 0 Å². The molecule has 1 aromatic rings. The zero-order valence-electron chi connectivity index (χ0n) is 7.67. The Morgan fingerprint density at radius 1 is 1.43 bits per heavy atom. The largest absolute Gasteiger partial charge is 0.493 e. The predicted molar refractivity (Wildman–Crippen MR) is 47.6 cm³/mol. The summed E-state index contributed by atoms with van der Waals surface area (Å²) in [6, 6.07) is 5.61. The lowest BCUT2D eigenvalue weighted by Gasteiger charge is -2.14. The summed E-state index contributed by atoms with van der Waals surface area (Å²) < 4.78 is 31.0. The number of hydrogen-bond acceptors (Lipinski definition) is 2. The predicted octanol–water partition coefficient (Wildman–Crippen LogP) is 2.38. The van der Waals surface area contributed by atoms with Gasteiger partial charge in [-0.05, 0) is 19.1 Å². The van der Waals surface area contributed by atoms with Crippen LogP contribution in [0.15, 0.2) is 24.3 Å². The van der Waals surface area contributed by atoms with Gasteiger partial charge in [0, 0.05) is 0 Å². The number of benzene rings is 1. The second-order valence-corrected chi connectivity index (χ2v) is 2.67. The highest BCUT2D eigenvalue weighted by molar-refractivity contribution is 5.65. The summed E-state index contributed by atoms with van der Waals surface area (Å²) in [5.74, 6) is -3.43. The minimum Gasteiger partial charge on any atom is -0.493 e. The van der Waals surface area contributed by atoms with Crippen LogP contribution in [0.2, 0.25) is 0 Å². The van der Waals surface area contributed by atoms with Gasteiger partial charge in [0.1, 0.15) is 5.75 Å². The quantitative estimate of drug-likeness (QED) is 0.697. The topological polar surface area (TPSA) is 26.3 Å². The minimum absolute atomic E-state index is 0.0482. The summed E-state index contributed by atoms with van der Waals surface area (Å²) in [4.78, 5) is 10.2. The van der Waals surface area contributed by atoms with Crippen molar-refractivity contribution in [3.05, 3.63) is 29.8 Å². The van der Waals surface area contributed by atoms with Crippen molar-refractivity contribution in [1.82, 2.24) is 0 Å². The van der Waals surface area contributed by atoms with E-state index in [1.807, 2.05) is 0 Å². The minimum atomic E-state index is -3.48. The lowest BCUT2D eigenvalue weighted by molar-refractivity contribution is -0.130. The fourth-order valence-electron chi connectivity index (χ4n) is 1.09. The van der Waals surface area contributed by atoms with Gasteiger partial charge in [-0.2, -0.15) is 8.78 Å². The third-order valence-corrected chi connectivity index (χ3v) is 1.69. The fourth-order valence-corrected chi connectivity index (χ4v) is 1.09. The van der Waals surface area contributed by atoms with Gasteiger partial charge in [-0.1, -0.05) is 12.1 Å². The lowest BCUT2D eigenvalue weighted by atomic mass is 10.1. The van der Waals surface area contributed by atoms with Crippen molar-refractivity contribution in [2.75, 3.05) is 6.61 Å². The Balaban J connectivity index is 3.12. The van der Waals surface area contributed by atoms with Crippen molar-refractivity contribution in [2.45, 2.75) is 12.8 Å². The smallest absolute Gasteiger partial charge is 0.331 e. The van der Waals surface area contributed by atoms with Gasteiger partial charge in [-0.25, -0.2) is 0 Å². The SMILES string of the molecule is CCOc1ccccc1C(F)(F)C=O. The third-order valence-electron chi connectivity index (χ3n) is 1.69. The summed E-state index contributed by atoms with van der Waals surface area (Å²) in [7, 11) is 0. The first kappa shape index (κ1) is 10.6. The Morgan fingerprint density at radius 2 is 2.07 bits per heavy atom. The average Bonchev–Trinajstić information content (AvgIpc) is 2.19. The number of carbonyl (C=O) groups is 1. The van der Waals surface area contributed by atoms with Gasteiger partial charge >= 0.3 is 5.92 Å². The van der Waals surface area contributed by atoms with E-state index >= 15 is 0 Å². The van der Waals surface area contributed by atoms with Crippen LogP contribution in [-0.2, 0) is 10.7 Å². The van der Waals surface area contributed by atoms with Gasteiger partial charge in [0.2, 0.25) is 0 Å². The highest BCUT2D eigenvalue weighted by Gasteiger charge is 2.33. The molecule has 0 fully saturated rings. The number of rotatable bonds is 4. The number of hydrogen-bond donors (Lipinski definition) is 0. The first-order chi connectivity index (χ1) is 6.61. The maximum absolute atomic E-state index is 13.0. The fraction of sp³-hybridized carbons (Fsp3) is 0.300. The zero-order valence-corrected chi connectivity index (χ0v) is 7.67. The molecule has 0 aromatic heterocycles. The van der Waals surface area contributed by atoms with Crippen LogP contribution < -0.4 is 4.74 Å². The van der Waals surface area contributed by atoms with Crippen molar-refractivity contribution >= 4 is 6.29 Å². The molecular formula is C10H10F2O2. The highest BCUT2D eigenvalue weighted by atomic mass is 19.3. The van der Waals surface area contributed by atoms with Crippen molar-refractivity contribution < 1.29 is 18.3 Å². The van der Waals surface area contributed by atoms with E-state index in [4.69, 9.17) is 4.74 Å². The standard InChI is InChI=1S/C10H10F2O2/c1-2-14-9-6-4-3-5-8(9)10(11,12)7-13/h3-7H,2H2,1H3. The van der Waals surface area contributed by atoms with E-state index in [0.717, 1.165) is 0 Å². The molecule has 0 saturated heterocycles. The van der Waals surface area contributed by atoms with Crippen molar-refractivity contribution in [3.8, 4) is 5.75 Å². The summed E-state index contributed by atoms with van der Waals surface area (Å²) in [5.41, 5.74) is -0.392. The van der Waals surface area contributed by atoms with Crippen LogP contribution in [0.5, 0.6) is 5.75 Å². The van der Waals surface area contributed by atoms with Crippen LogP contribution >= 0.6 is 0 Å². The molecule has 0 saturated carbocycles. The Bertz CT molecular complexity index is 324. The average molecular weight is 200 g/mol. The molecule has 0 N–H and O–H groups in total. The molecule has 0 aliphatic rings. The molecule has 0 spiro atoms. The van der Waals surface area contributed by atoms with E-state index in [9.17, 15) is 13.6 Å². The maximum atomic E-state index is 13.0. The number of ether oxygens (including phenoxy) is 1. The van der Waals surface area contributed by atoms with Gasteiger partial charge in [-0.15, -0.1) is 0 Å². The molecule has 1 rings (SSSR count). The summed E-state index contributed by atoms with van der Waals surface area (Å²) >= 11 is 0. The van der Waals surface area contributed by atoms with E-state index in [2.05, 4.69) is 0 Å². The van der Waals surface area contributed by atoms with Gasteiger partial charge in [0.25, 0.3) is 0 Å². The summed E-state index contributed by atoms with van der Waals surface area (Å²) in [6.07, 6.45) is -0.384. The molecule has 14 heavy (non-hydrogen) atoms. The van der Waals surface area contributed by atoms with Gasteiger partial charge in [0.05, 0.1) is 12.2 Å². The Morgan fingerprint density at radius 3 is 2.64 bits per heavy atom. The Hall–Kier alpha value is -1.45. The Kier molecular flexibility index (Phi) is 3.17. The highest BCUT2D eigenvalue weighted by Crippen LogP contribution is 2.32. The lowest BCUT2D eigenvalue weighted by Crippen LogP contribution is -2.16. The Labute approximate surface area is 80.5 Å². The number of para-hydroxylation sites is 1. The van der Waals surface area contributed by atoms with Crippen LogP contribution in [-0.4, -0.2) is 12.9 Å². The molecule has 0 amide bonds. The summed E-state index contributed by atoms with van der Waals surface area (Å²) in [6.45, 7) is 1.97. The van der Waals surface area contributed by atoms with E-state index in [1.54, 1.807) is 13.0 Å². The molecule has 0 unspecified atom stereocenters. The van der Waals surface area contributed by atoms with Crippen LogP contribution in [0, 0.1) is 0 Å². The second-order valence-electron chi connectivity index (χ2n) is 2.67. The number of halogens is 2. The van der Waals surface area contributed by atoms with Crippen LogP contribution in [0.3, 0.4) is 0 Å². The monoisotopic (exact) mass is 200 g/mol. The first-order valence-corrected chi connectivity index (χ1v) is 4.18. The van der Waals surface area contributed by atoms with E-state index < -0.39 is 11.5 Å². The van der Waals surface area contributed by atoms with Gasteiger partial charge < -0.3 is 4.74 Å². The van der Waals surface area contributed by atoms with Crippen molar-refractivity contribution in [3.63, 3.8) is 0 Å². The first-order valence-electron chi connectivity index (χ1n) is 4.18. The third kappa shape index (κ3) is 2.07. The molecule has 0 bridgehead atoms. The molecule has 0 atom stereocenters. The van der Waals surface area contributed by atoms with Crippen LogP contribution in [0.25, 0.3) is 0 Å². The number of alkyl halides is 2. The summed E-state index contributed by atoms with van der Waals surface area (Å²) in [5, 5.41) is 0. The number of aldehydes is 1. The molecule has 0 aliphatic heterocycles. The molecule has 4 heteroatoms. The van der Waals surface area contributed by atoms with Gasteiger partial charge in [0.15, 0.2) is 6.29 Å². The molecule has 76 valence electrons. The van der Waals surface area contributed by atoms with Crippen molar-refractivity contribution in [2.24, 2.45) is 0 Å². The maximum Gasteiger partial charge on any atom is 0.331 e. The second kappa shape index (κ2) is 4.17. The molecule has 0 aliphatic carbocycles. The number of carbonyl (C=O) groups excluding carboxylic acids is 1. The zero-order chi connectivity index (χ0) is 10.6. The van der Waals surface area contributed by atoms with Crippen LogP contribution in [0.4, 0.5) is 8.78 Å². The normalized spacial score (nSPS) is 11.1. The van der Waals surface area contributed by atoms with E-state index in [1.165, 1.54) is 18.2 Å². The van der Waals surface area contributed by atoms with Crippen molar-refractivity contribution in [1.29, 1.82) is 0 Å².